The number of pyridine rings is 1. The molecular weight excluding hydrogens is 906 g/mol. The first-order valence-corrected chi connectivity index (χ1v) is 26.5. The van der Waals surface area contributed by atoms with E-state index in [9.17, 15) is 18.9 Å². The van der Waals surface area contributed by atoms with Gasteiger partial charge in [0.2, 0.25) is 17.8 Å². The molecule has 0 bridgehead atoms. The molecule has 3 aromatic carbocycles. The van der Waals surface area contributed by atoms with Crippen molar-refractivity contribution < 1.29 is 32.1 Å². The van der Waals surface area contributed by atoms with E-state index in [2.05, 4.69) is 59.7 Å². The first-order chi connectivity index (χ1) is 33.2. The fourth-order valence-corrected chi connectivity index (χ4v) is 11.6. The normalized spacial score (nSPS) is 17.7. The Labute approximate surface area is 399 Å². The van der Waals surface area contributed by atoms with E-state index in [-0.39, 0.29) is 29.5 Å². The lowest BCUT2D eigenvalue weighted by atomic mass is 9.99. The minimum absolute atomic E-state index is 0.0374. The number of piperidine rings is 2. The van der Waals surface area contributed by atoms with Crippen LogP contribution >= 0.6 is 7.14 Å². The Morgan fingerprint density at radius 3 is 2.35 bits per heavy atom. The Kier molecular flexibility index (Phi) is 13.9. The van der Waals surface area contributed by atoms with Gasteiger partial charge in [-0.1, -0.05) is 26.0 Å². The van der Waals surface area contributed by atoms with E-state index in [4.69, 9.17) is 14.1 Å². The Morgan fingerprint density at radius 1 is 0.855 bits per heavy atom. The molecule has 364 valence electrons. The van der Waals surface area contributed by atoms with Crippen LogP contribution in [0.25, 0.3) is 22.0 Å². The number of oxazole rings is 1. The number of hydrogen-bond donors (Lipinski definition) is 3. The lowest BCUT2D eigenvalue weighted by molar-refractivity contribution is -0.135. The number of piperazine rings is 1. The number of imide groups is 1. The number of rotatable bonds is 15. The third-order valence-corrected chi connectivity index (χ3v) is 15.2. The predicted molar refractivity (Wildman–Crippen MR) is 265 cm³/mol. The van der Waals surface area contributed by atoms with E-state index < -0.39 is 42.4 Å². The van der Waals surface area contributed by atoms with Crippen molar-refractivity contribution in [3.8, 4) is 5.75 Å². The van der Waals surface area contributed by atoms with Crippen molar-refractivity contribution in [2.24, 2.45) is 0 Å². The molecule has 0 aliphatic carbocycles. The number of nitrogens with zero attached hydrogens (tertiary/aromatic N) is 7. The molecule has 6 heterocycles. The van der Waals surface area contributed by atoms with Gasteiger partial charge in [-0.3, -0.25) is 24.4 Å². The molecule has 6 aromatic rings. The largest absolute Gasteiger partial charge is 0.492 e. The summed E-state index contributed by atoms with van der Waals surface area (Å²) in [6, 6.07) is 13.3. The van der Waals surface area contributed by atoms with Crippen molar-refractivity contribution in [1.29, 1.82) is 0 Å². The minimum Gasteiger partial charge on any atom is -0.492 e. The molecule has 3 aromatic heterocycles. The Hall–Kier alpha value is -6.23. The van der Waals surface area contributed by atoms with Gasteiger partial charge in [0.25, 0.3) is 0 Å². The van der Waals surface area contributed by atoms with Crippen molar-refractivity contribution in [2.75, 3.05) is 81.3 Å². The molecule has 3 N–H and O–H groups in total. The number of aromatic nitrogens is 4. The second-order valence-corrected chi connectivity index (χ2v) is 21.5. The third kappa shape index (κ3) is 9.97. The highest BCUT2D eigenvalue weighted by atomic mass is 31.2. The first-order valence-electron chi connectivity index (χ1n) is 23.9. The molecule has 69 heavy (non-hydrogen) atoms. The molecule has 9 rings (SSSR count). The van der Waals surface area contributed by atoms with Crippen LogP contribution in [0.3, 0.4) is 0 Å². The number of amides is 2. The topological polar surface area (TPSA) is 180 Å². The summed E-state index contributed by atoms with van der Waals surface area (Å²) in [5.74, 6) is -1.63. The van der Waals surface area contributed by atoms with Crippen LogP contribution in [0.15, 0.2) is 63.9 Å². The van der Waals surface area contributed by atoms with E-state index >= 15 is 8.78 Å². The van der Waals surface area contributed by atoms with Gasteiger partial charge in [0.15, 0.2) is 17.2 Å². The maximum absolute atomic E-state index is 15.6. The molecule has 19 heteroatoms. The van der Waals surface area contributed by atoms with Gasteiger partial charge in [-0.15, -0.1) is 0 Å². The van der Waals surface area contributed by atoms with E-state index in [1.807, 2.05) is 19.9 Å². The Balaban J connectivity index is 0.826. The van der Waals surface area contributed by atoms with Crippen LogP contribution in [0.4, 0.5) is 37.6 Å². The second kappa shape index (κ2) is 20.0. The molecule has 0 saturated carbocycles. The fraction of sp³-hybridized carbons (Fsp3) is 0.440. The zero-order chi connectivity index (χ0) is 48.6. The molecule has 0 radical (unpaired) electrons. The predicted octanol–water partition coefficient (Wildman–Crippen LogP) is 7.28. The molecule has 16 nitrogen and oxygen atoms in total. The highest BCUT2D eigenvalue weighted by molar-refractivity contribution is 7.71. The number of hydrogen-bond acceptors (Lipinski definition) is 14. The summed E-state index contributed by atoms with van der Waals surface area (Å²) >= 11 is 0. The van der Waals surface area contributed by atoms with Gasteiger partial charge in [0.1, 0.15) is 35.8 Å². The minimum atomic E-state index is -2.91. The lowest BCUT2D eigenvalue weighted by Gasteiger charge is -2.43. The van der Waals surface area contributed by atoms with Crippen LogP contribution in [0.2, 0.25) is 0 Å². The number of aryl methyl sites for hydroxylation is 2. The van der Waals surface area contributed by atoms with Gasteiger partial charge in [-0.2, -0.15) is 4.98 Å². The third-order valence-electron chi connectivity index (χ3n) is 13.6. The molecular formula is C50H59F2N10O6P. The quantitative estimate of drug-likeness (QED) is 0.0691. The number of fused-ring (bicyclic) bond motifs is 2. The fourth-order valence-electron chi connectivity index (χ4n) is 10.1. The summed E-state index contributed by atoms with van der Waals surface area (Å²) < 4.78 is 57.3. The van der Waals surface area contributed by atoms with Crippen LogP contribution in [0, 0.1) is 11.6 Å². The maximum Gasteiger partial charge on any atom is 0.420 e. The molecule has 1 unspecified atom stereocenters. The van der Waals surface area contributed by atoms with Crippen LogP contribution in [0.1, 0.15) is 69.3 Å². The highest BCUT2D eigenvalue weighted by Gasteiger charge is 2.34. The SMILES string of the molecule is CCOc1cc(N2CCC(N3CCN(CCc4ccc(F)c5c4oc(=O)n5C4CCC(=O)NC4=O)CC3)CC2)c(CC)cc1Nc1nccc(Nc2cc(F)c3nc(CC)ccc3c2P(C)(C)=O)n1. The Bertz CT molecular complexity index is 3030. The summed E-state index contributed by atoms with van der Waals surface area (Å²) in [7, 11) is -2.91. The van der Waals surface area contributed by atoms with Crippen molar-refractivity contribution >= 4 is 75.1 Å². The number of carbonyl (C=O) groups excluding carboxylic acids is 2. The second-order valence-electron chi connectivity index (χ2n) is 18.4. The van der Waals surface area contributed by atoms with Crippen molar-refractivity contribution in [3.05, 3.63) is 93.7 Å². The smallest absolute Gasteiger partial charge is 0.420 e. The van der Waals surface area contributed by atoms with Crippen LogP contribution in [-0.2, 0) is 33.4 Å². The number of benzene rings is 3. The van der Waals surface area contributed by atoms with E-state index in [0.29, 0.717) is 71.5 Å². The number of halogens is 2. The van der Waals surface area contributed by atoms with Gasteiger partial charge in [0.05, 0.1) is 18.0 Å². The highest BCUT2D eigenvalue weighted by Crippen LogP contribution is 2.43. The Morgan fingerprint density at radius 2 is 1.64 bits per heavy atom. The zero-order valence-corrected chi connectivity index (χ0v) is 40.6. The first kappa shape index (κ1) is 47.8. The summed E-state index contributed by atoms with van der Waals surface area (Å²) in [4.78, 5) is 58.4. The molecule has 1 atom stereocenters. The van der Waals surface area contributed by atoms with Crippen molar-refractivity contribution in [3.63, 3.8) is 0 Å². The number of nitrogens with one attached hydrogen (secondary N) is 3. The van der Waals surface area contributed by atoms with Gasteiger partial charge >= 0.3 is 5.76 Å². The van der Waals surface area contributed by atoms with E-state index in [0.717, 1.165) is 85.7 Å². The molecule has 0 spiro atoms. The van der Waals surface area contributed by atoms with Crippen molar-refractivity contribution in [2.45, 2.75) is 77.8 Å². The standard InChI is InChI=1S/C50H59F2N10O6P/c1-6-30-27-37(56-49-53-19-15-42(57-49)55-38-28-36(52)44-34(47(38)69(4,5)66)11-10-32(7-2)54-44)41(67-8-3)29-40(30)61-21-17-33(18-22-61)60-25-23-59(24-26-60)20-16-31-9-12-35(51)45-46(31)68-50(65)62(45)39-13-14-43(63)58-48(39)64/h9-12,15,19,27-29,33,39H,6-8,13-14,16-18,20-26H2,1-5H3,(H,58,63,64)(H2,53,55,56,57). The number of anilines is 5. The van der Waals surface area contributed by atoms with Crippen LogP contribution in [0.5, 0.6) is 5.75 Å². The van der Waals surface area contributed by atoms with E-state index in [1.165, 1.54) is 12.1 Å². The zero-order valence-electron chi connectivity index (χ0n) is 39.7. The summed E-state index contributed by atoms with van der Waals surface area (Å²) in [5.41, 5.74) is 5.15. The molecule has 3 saturated heterocycles. The molecule has 2 amide bonds. The van der Waals surface area contributed by atoms with Gasteiger partial charge in [-0.05, 0) is 94.2 Å². The average Bonchev–Trinajstić information content (AvgIpc) is 3.68. The summed E-state index contributed by atoms with van der Waals surface area (Å²) in [6.07, 6.45) is 5.79. The van der Waals surface area contributed by atoms with Gasteiger partial charge < -0.3 is 34.2 Å². The van der Waals surface area contributed by atoms with Crippen LogP contribution < -0.4 is 36.6 Å². The summed E-state index contributed by atoms with van der Waals surface area (Å²) in [5, 5.41) is 9.87. The van der Waals surface area contributed by atoms with Crippen molar-refractivity contribution in [1.82, 2.24) is 34.6 Å². The van der Waals surface area contributed by atoms with Crippen LogP contribution in [-0.4, -0.2) is 113 Å². The molecule has 3 aliphatic heterocycles. The monoisotopic (exact) mass is 964 g/mol. The molecule has 3 aliphatic rings. The number of carbonyl (C=O) groups is 2. The average molecular weight is 965 g/mol. The van der Waals surface area contributed by atoms with Gasteiger partial charge in [-0.25, -0.2) is 23.5 Å². The molecule has 3 fully saturated rings. The lowest BCUT2D eigenvalue weighted by Crippen LogP contribution is -2.53. The van der Waals surface area contributed by atoms with Gasteiger partial charge in [0, 0.05) is 98.7 Å². The summed E-state index contributed by atoms with van der Waals surface area (Å²) in [6.45, 7) is 15.9. The van der Waals surface area contributed by atoms with E-state index in [1.54, 1.807) is 37.7 Å². The maximum atomic E-state index is 15.6. The number of ether oxygens (including phenoxy) is 1.